The summed E-state index contributed by atoms with van der Waals surface area (Å²) in [5, 5.41) is 4.71. The van der Waals surface area contributed by atoms with Crippen molar-refractivity contribution in [3.63, 3.8) is 0 Å². The van der Waals surface area contributed by atoms with Crippen LogP contribution in [-0.2, 0) is 6.54 Å². The third kappa shape index (κ3) is 2.33. The predicted octanol–water partition coefficient (Wildman–Crippen LogP) is 2.74. The second-order valence-electron chi connectivity index (χ2n) is 2.82. The minimum atomic E-state index is 0.639. The van der Waals surface area contributed by atoms with Gasteiger partial charge in [0.15, 0.2) is 0 Å². The average molecular weight is 273 g/mol. The van der Waals surface area contributed by atoms with Gasteiger partial charge in [0.2, 0.25) is 0 Å². The summed E-state index contributed by atoms with van der Waals surface area (Å²) >= 11 is 9.07. The lowest BCUT2D eigenvalue weighted by atomic mass is 10.3. The third-order valence-corrected chi connectivity index (χ3v) is 2.38. The topological polar surface area (TPSA) is 30.7 Å². The lowest BCUT2D eigenvalue weighted by Gasteiger charge is -2.00. The number of nitrogens with zero attached hydrogens (tertiary/aromatic N) is 3. The van der Waals surface area contributed by atoms with Crippen LogP contribution >= 0.6 is 27.5 Å². The zero-order valence-electron chi connectivity index (χ0n) is 7.19. The van der Waals surface area contributed by atoms with Crippen molar-refractivity contribution in [1.29, 1.82) is 0 Å². The highest BCUT2D eigenvalue weighted by Crippen LogP contribution is 2.09. The molecule has 2 rings (SSSR count). The molecule has 2 heterocycles. The van der Waals surface area contributed by atoms with E-state index in [4.69, 9.17) is 11.6 Å². The molecule has 14 heavy (non-hydrogen) atoms. The Balaban J connectivity index is 2.15. The Bertz CT molecular complexity index is 424. The molecule has 5 heteroatoms. The van der Waals surface area contributed by atoms with E-state index < -0.39 is 0 Å². The highest BCUT2D eigenvalue weighted by Gasteiger charge is 1.98. The van der Waals surface area contributed by atoms with Gasteiger partial charge in [-0.25, -0.2) is 0 Å². The molecule has 72 valence electrons. The van der Waals surface area contributed by atoms with E-state index in [2.05, 4.69) is 26.0 Å². The van der Waals surface area contributed by atoms with Crippen LogP contribution in [0.25, 0.3) is 0 Å². The predicted molar refractivity (Wildman–Crippen MR) is 58.3 cm³/mol. The number of hydrogen-bond acceptors (Lipinski definition) is 2. The highest BCUT2D eigenvalue weighted by molar-refractivity contribution is 9.10. The molecule has 0 saturated carbocycles. The minimum absolute atomic E-state index is 0.639. The van der Waals surface area contributed by atoms with Gasteiger partial charge in [-0.2, -0.15) is 5.10 Å². The van der Waals surface area contributed by atoms with Gasteiger partial charge in [0.25, 0.3) is 0 Å². The fraction of sp³-hybridized carbons (Fsp3) is 0.111. The number of hydrogen-bond donors (Lipinski definition) is 0. The lowest BCUT2D eigenvalue weighted by molar-refractivity contribution is 0.672. The molecule has 0 unspecified atom stereocenters. The van der Waals surface area contributed by atoms with Crippen molar-refractivity contribution >= 4 is 27.5 Å². The van der Waals surface area contributed by atoms with Gasteiger partial charge >= 0.3 is 0 Å². The first kappa shape index (κ1) is 9.68. The SMILES string of the molecule is Clc1cnn(Cc2ccc(Br)cn2)c1. The zero-order chi connectivity index (χ0) is 9.97. The molecule has 0 fully saturated rings. The molecule has 0 aliphatic carbocycles. The standard InChI is InChI=1S/C9H7BrClN3/c10-7-1-2-9(12-3-7)6-14-5-8(11)4-13-14/h1-5H,6H2. The molecule has 0 atom stereocenters. The summed E-state index contributed by atoms with van der Waals surface area (Å²) < 4.78 is 2.72. The Labute approximate surface area is 94.9 Å². The first-order chi connectivity index (χ1) is 6.74. The molecule has 2 aromatic rings. The fourth-order valence-electron chi connectivity index (χ4n) is 1.09. The van der Waals surface area contributed by atoms with Crippen LogP contribution in [0.2, 0.25) is 5.02 Å². The van der Waals surface area contributed by atoms with Gasteiger partial charge in [-0.05, 0) is 28.1 Å². The second-order valence-corrected chi connectivity index (χ2v) is 4.18. The molecule has 0 aliphatic rings. The highest BCUT2D eigenvalue weighted by atomic mass is 79.9. The zero-order valence-corrected chi connectivity index (χ0v) is 9.53. The van der Waals surface area contributed by atoms with E-state index in [0.717, 1.165) is 10.2 Å². The van der Waals surface area contributed by atoms with Crippen molar-refractivity contribution in [2.45, 2.75) is 6.54 Å². The van der Waals surface area contributed by atoms with Gasteiger partial charge in [0.1, 0.15) is 0 Å². The van der Waals surface area contributed by atoms with Crippen molar-refractivity contribution in [1.82, 2.24) is 14.8 Å². The number of halogens is 2. The molecular weight excluding hydrogens is 265 g/mol. The maximum absolute atomic E-state index is 5.74. The monoisotopic (exact) mass is 271 g/mol. The van der Waals surface area contributed by atoms with E-state index in [-0.39, 0.29) is 0 Å². The summed E-state index contributed by atoms with van der Waals surface area (Å²) in [7, 11) is 0. The number of rotatable bonds is 2. The van der Waals surface area contributed by atoms with E-state index in [1.807, 2.05) is 12.1 Å². The van der Waals surface area contributed by atoms with Crippen LogP contribution < -0.4 is 0 Å². The van der Waals surface area contributed by atoms with E-state index in [0.29, 0.717) is 11.6 Å². The summed E-state index contributed by atoms with van der Waals surface area (Å²) in [6.07, 6.45) is 5.14. The van der Waals surface area contributed by atoms with Crippen LogP contribution in [0.3, 0.4) is 0 Å². The maximum Gasteiger partial charge on any atom is 0.0831 e. The summed E-state index contributed by atoms with van der Waals surface area (Å²) in [4.78, 5) is 4.23. The van der Waals surface area contributed by atoms with Crippen LogP contribution in [0, 0.1) is 0 Å². The van der Waals surface area contributed by atoms with E-state index in [9.17, 15) is 0 Å². The van der Waals surface area contributed by atoms with Gasteiger partial charge in [-0.1, -0.05) is 11.6 Å². The van der Waals surface area contributed by atoms with Crippen molar-refractivity contribution in [2.24, 2.45) is 0 Å². The first-order valence-electron chi connectivity index (χ1n) is 4.02. The van der Waals surface area contributed by atoms with E-state index in [1.165, 1.54) is 0 Å². The van der Waals surface area contributed by atoms with E-state index in [1.54, 1.807) is 23.3 Å². The molecule has 0 saturated heterocycles. The fourth-order valence-corrected chi connectivity index (χ4v) is 1.48. The third-order valence-electron chi connectivity index (χ3n) is 1.71. The van der Waals surface area contributed by atoms with Crippen LogP contribution in [0.4, 0.5) is 0 Å². The molecule has 0 amide bonds. The minimum Gasteiger partial charge on any atom is -0.265 e. The maximum atomic E-state index is 5.74. The van der Waals surface area contributed by atoms with Crippen LogP contribution in [0.1, 0.15) is 5.69 Å². The molecule has 0 spiro atoms. The smallest absolute Gasteiger partial charge is 0.0831 e. The summed E-state index contributed by atoms with van der Waals surface area (Å²) in [6, 6.07) is 3.90. The lowest BCUT2D eigenvalue weighted by Crippen LogP contribution is -2.01. The molecule has 0 bridgehead atoms. The Morgan fingerprint density at radius 2 is 2.21 bits per heavy atom. The van der Waals surface area contributed by atoms with Crippen LogP contribution in [-0.4, -0.2) is 14.8 Å². The molecule has 2 aromatic heterocycles. The summed E-state index contributed by atoms with van der Waals surface area (Å²) in [6.45, 7) is 0.639. The normalized spacial score (nSPS) is 10.4. The first-order valence-corrected chi connectivity index (χ1v) is 5.19. The van der Waals surface area contributed by atoms with Gasteiger partial charge < -0.3 is 0 Å². The van der Waals surface area contributed by atoms with Crippen LogP contribution in [0.5, 0.6) is 0 Å². The number of pyridine rings is 1. The van der Waals surface area contributed by atoms with Crippen molar-refractivity contribution in [3.05, 3.63) is 45.9 Å². The van der Waals surface area contributed by atoms with Crippen molar-refractivity contribution < 1.29 is 0 Å². The van der Waals surface area contributed by atoms with Crippen LogP contribution in [0.15, 0.2) is 35.2 Å². The molecule has 0 radical (unpaired) electrons. The Kier molecular flexibility index (Phi) is 2.84. The summed E-state index contributed by atoms with van der Waals surface area (Å²) in [5.74, 6) is 0. The quantitative estimate of drug-likeness (QED) is 0.841. The molecule has 0 aromatic carbocycles. The second kappa shape index (κ2) is 4.11. The largest absolute Gasteiger partial charge is 0.265 e. The summed E-state index contributed by atoms with van der Waals surface area (Å²) in [5.41, 5.74) is 0.952. The number of aromatic nitrogens is 3. The molecule has 3 nitrogen and oxygen atoms in total. The van der Waals surface area contributed by atoms with Gasteiger partial charge in [0, 0.05) is 16.9 Å². The van der Waals surface area contributed by atoms with E-state index >= 15 is 0 Å². The molecule has 0 N–H and O–H groups in total. The Morgan fingerprint density at radius 1 is 1.36 bits per heavy atom. The van der Waals surface area contributed by atoms with Crippen molar-refractivity contribution in [3.8, 4) is 0 Å². The molecule has 0 aliphatic heterocycles. The molecular formula is C9H7BrClN3. The van der Waals surface area contributed by atoms with Gasteiger partial charge in [-0.15, -0.1) is 0 Å². The Hall–Kier alpha value is -0.870. The Morgan fingerprint density at radius 3 is 2.79 bits per heavy atom. The van der Waals surface area contributed by atoms with Gasteiger partial charge in [-0.3, -0.25) is 9.67 Å². The average Bonchev–Trinajstić information content (AvgIpc) is 2.56. The van der Waals surface area contributed by atoms with Gasteiger partial charge in [0.05, 0.1) is 23.5 Å². The van der Waals surface area contributed by atoms with Crippen molar-refractivity contribution in [2.75, 3.05) is 0 Å².